The van der Waals surface area contributed by atoms with Gasteiger partial charge in [0.05, 0.1) is 6.04 Å². The molecule has 1 heterocycles. The fourth-order valence-electron chi connectivity index (χ4n) is 2.96. The van der Waals surface area contributed by atoms with Gasteiger partial charge in [-0.3, -0.25) is 4.79 Å². The van der Waals surface area contributed by atoms with Crippen molar-refractivity contribution in [1.82, 2.24) is 10.5 Å². The maximum atomic E-state index is 12.3. The Labute approximate surface area is 154 Å². The van der Waals surface area contributed by atoms with E-state index in [1.165, 1.54) is 5.56 Å². The van der Waals surface area contributed by atoms with Crippen LogP contribution < -0.4 is 5.32 Å². The molecule has 0 radical (unpaired) electrons. The van der Waals surface area contributed by atoms with Crippen molar-refractivity contribution in [3.8, 4) is 11.3 Å². The van der Waals surface area contributed by atoms with Gasteiger partial charge in [0.2, 0.25) is 5.91 Å². The Balaban J connectivity index is 1.57. The second-order valence-electron chi connectivity index (χ2n) is 6.44. The predicted molar refractivity (Wildman–Crippen MR) is 103 cm³/mol. The van der Waals surface area contributed by atoms with Crippen molar-refractivity contribution in [3.63, 3.8) is 0 Å². The van der Waals surface area contributed by atoms with Crippen LogP contribution in [0.4, 0.5) is 0 Å². The van der Waals surface area contributed by atoms with Gasteiger partial charge in [-0.05, 0) is 30.9 Å². The predicted octanol–water partition coefficient (Wildman–Crippen LogP) is 4.71. The molecule has 3 aromatic rings. The normalized spacial score (nSPS) is 11.9. The zero-order valence-electron chi connectivity index (χ0n) is 15.2. The number of aryl methyl sites for hydroxylation is 2. The molecule has 2 aromatic carbocycles. The Morgan fingerprint density at radius 1 is 1.12 bits per heavy atom. The Bertz CT molecular complexity index is 838. The van der Waals surface area contributed by atoms with Gasteiger partial charge in [0.1, 0.15) is 12.0 Å². The SMILES string of the molecule is CCc1ccc([C@H](C)NC(=O)CCc2conc2-c2ccccc2)cc1. The monoisotopic (exact) mass is 348 g/mol. The molecule has 1 N–H and O–H groups in total. The van der Waals surface area contributed by atoms with Crippen LogP contribution in [0.1, 0.15) is 43.0 Å². The van der Waals surface area contributed by atoms with E-state index in [0.29, 0.717) is 12.8 Å². The van der Waals surface area contributed by atoms with Crippen LogP contribution in [0.5, 0.6) is 0 Å². The summed E-state index contributed by atoms with van der Waals surface area (Å²) in [6, 6.07) is 18.2. The zero-order chi connectivity index (χ0) is 18.4. The maximum absolute atomic E-state index is 12.3. The first kappa shape index (κ1) is 17.9. The number of carbonyl (C=O) groups is 1. The number of nitrogens with one attached hydrogen (secondary N) is 1. The Kier molecular flexibility index (Phi) is 5.84. The van der Waals surface area contributed by atoms with Crippen molar-refractivity contribution >= 4 is 5.91 Å². The molecule has 0 unspecified atom stereocenters. The van der Waals surface area contributed by atoms with Gasteiger partial charge >= 0.3 is 0 Å². The van der Waals surface area contributed by atoms with Crippen LogP contribution in [0.2, 0.25) is 0 Å². The van der Waals surface area contributed by atoms with E-state index < -0.39 is 0 Å². The van der Waals surface area contributed by atoms with Gasteiger partial charge in [0.15, 0.2) is 0 Å². The number of amides is 1. The summed E-state index contributed by atoms with van der Waals surface area (Å²) in [5.41, 5.74) is 5.17. The van der Waals surface area contributed by atoms with E-state index in [0.717, 1.165) is 28.8 Å². The smallest absolute Gasteiger partial charge is 0.220 e. The summed E-state index contributed by atoms with van der Waals surface area (Å²) in [7, 11) is 0. The molecule has 134 valence electrons. The molecule has 1 amide bonds. The van der Waals surface area contributed by atoms with E-state index >= 15 is 0 Å². The van der Waals surface area contributed by atoms with Crippen molar-refractivity contribution in [2.24, 2.45) is 0 Å². The number of aromatic nitrogens is 1. The molecule has 0 spiro atoms. The molecule has 0 aliphatic carbocycles. The second kappa shape index (κ2) is 8.48. The highest BCUT2D eigenvalue weighted by atomic mass is 16.5. The highest BCUT2D eigenvalue weighted by Crippen LogP contribution is 2.23. The van der Waals surface area contributed by atoms with Crippen molar-refractivity contribution in [2.45, 2.75) is 39.2 Å². The average molecular weight is 348 g/mol. The molecule has 1 atom stereocenters. The number of rotatable bonds is 7. The van der Waals surface area contributed by atoms with Crippen LogP contribution >= 0.6 is 0 Å². The summed E-state index contributed by atoms with van der Waals surface area (Å²) < 4.78 is 5.12. The summed E-state index contributed by atoms with van der Waals surface area (Å²) >= 11 is 0. The minimum absolute atomic E-state index is 0.00975. The minimum Gasteiger partial charge on any atom is -0.364 e. The summed E-state index contributed by atoms with van der Waals surface area (Å²) in [6.07, 6.45) is 3.64. The lowest BCUT2D eigenvalue weighted by molar-refractivity contribution is -0.121. The Hall–Kier alpha value is -2.88. The van der Waals surface area contributed by atoms with Gasteiger partial charge in [-0.2, -0.15) is 0 Å². The van der Waals surface area contributed by atoms with Gasteiger partial charge in [0, 0.05) is 17.5 Å². The first-order chi connectivity index (χ1) is 12.7. The summed E-state index contributed by atoms with van der Waals surface area (Å²) in [5, 5.41) is 7.15. The second-order valence-corrected chi connectivity index (χ2v) is 6.44. The summed E-state index contributed by atoms with van der Waals surface area (Å²) in [4.78, 5) is 12.3. The van der Waals surface area contributed by atoms with Gasteiger partial charge in [0.25, 0.3) is 0 Å². The largest absolute Gasteiger partial charge is 0.364 e. The molecular formula is C22H24N2O2. The lowest BCUT2D eigenvalue weighted by Crippen LogP contribution is -2.26. The Morgan fingerprint density at radius 2 is 1.85 bits per heavy atom. The van der Waals surface area contributed by atoms with Crippen LogP contribution in [0.3, 0.4) is 0 Å². The molecule has 0 saturated heterocycles. The van der Waals surface area contributed by atoms with Gasteiger partial charge in [-0.1, -0.05) is 66.7 Å². The van der Waals surface area contributed by atoms with Crippen molar-refractivity contribution in [1.29, 1.82) is 0 Å². The molecule has 26 heavy (non-hydrogen) atoms. The van der Waals surface area contributed by atoms with Crippen molar-refractivity contribution < 1.29 is 9.32 Å². The molecule has 3 rings (SSSR count). The van der Waals surface area contributed by atoms with Gasteiger partial charge in [-0.25, -0.2) is 0 Å². The van der Waals surface area contributed by atoms with E-state index in [-0.39, 0.29) is 11.9 Å². The topological polar surface area (TPSA) is 55.1 Å². The number of hydrogen-bond acceptors (Lipinski definition) is 3. The zero-order valence-corrected chi connectivity index (χ0v) is 15.2. The molecule has 0 fully saturated rings. The Morgan fingerprint density at radius 3 is 2.54 bits per heavy atom. The maximum Gasteiger partial charge on any atom is 0.220 e. The van der Waals surface area contributed by atoms with E-state index in [1.807, 2.05) is 37.3 Å². The molecular weight excluding hydrogens is 324 g/mol. The average Bonchev–Trinajstić information content (AvgIpc) is 3.16. The van der Waals surface area contributed by atoms with E-state index in [9.17, 15) is 4.79 Å². The van der Waals surface area contributed by atoms with Gasteiger partial charge < -0.3 is 9.84 Å². The fraction of sp³-hybridized carbons (Fsp3) is 0.273. The number of nitrogens with zero attached hydrogens (tertiary/aromatic N) is 1. The van der Waals surface area contributed by atoms with Crippen LogP contribution in [0, 0.1) is 0 Å². The molecule has 4 nitrogen and oxygen atoms in total. The van der Waals surface area contributed by atoms with Crippen LogP contribution in [-0.2, 0) is 17.6 Å². The number of benzene rings is 2. The fourth-order valence-corrected chi connectivity index (χ4v) is 2.96. The number of hydrogen-bond donors (Lipinski definition) is 1. The molecule has 0 bridgehead atoms. The molecule has 0 aliphatic heterocycles. The van der Waals surface area contributed by atoms with Crippen LogP contribution in [0.15, 0.2) is 65.4 Å². The minimum atomic E-state index is -0.00975. The third kappa shape index (κ3) is 4.39. The van der Waals surface area contributed by atoms with E-state index in [1.54, 1.807) is 6.26 Å². The standard InChI is InChI=1S/C22H24N2O2/c1-3-17-9-11-18(12-10-17)16(2)23-21(25)14-13-20-15-26-24-22(20)19-7-5-4-6-8-19/h4-12,15-16H,3,13-14H2,1-2H3,(H,23,25)/t16-/m0/s1. The van der Waals surface area contributed by atoms with E-state index in [2.05, 4.69) is 41.7 Å². The van der Waals surface area contributed by atoms with Crippen LogP contribution in [-0.4, -0.2) is 11.1 Å². The van der Waals surface area contributed by atoms with Gasteiger partial charge in [-0.15, -0.1) is 0 Å². The van der Waals surface area contributed by atoms with E-state index in [4.69, 9.17) is 4.52 Å². The summed E-state index contributed by atoms with van der Waals surface area (Å²) in [6.45, 7) is 4.14. The quantitative estimate of drug-likeness (QED) is 0.672. The highest BCUT2D eigenvalue weighted by Gasteiger charge is 2.14. The molecule has 1 aromatic heterocycles. The molecule has 0 aliphatic rings. The van der Waals surface area contributed by atoms with Crippen molar-refractivity contribution in [2.75, 3.05) is 0 Å². The summed E-state index contributed by atoms with van der Waals surface area (Å²) in [5.74, 6) is 0.0253. The van der Waals surface area contributed by atoms with Crippen LogP contribution in [0.25, 0.3) is 11.3 Å². The lowest BCUT2D eigenvalue weighted by atomic mass is 10.0. The lowest BCUT2D eigenvalue weighted by Gasteiger charge is -2.14. The number of carbonyl (C=O) groups excluding carboxylic acids is 1. The molecule has 0 saturated carbocycles. The highest BCUT2D eigenvalue weighted by molar-refractivity contribution is 5.77. The first-order valence-corrected chi connectivity index (χ1v) is 9.04. The first-order valence-electron chi connectivity index (χ1n) is 9.04. The third-order valence-electron chi connectivity index (χ3n) is 4.58. The van der Waals surface area contributed by atoms with Crippen molar-refractivity contribution in [3.05, 3.63) is 77.6 Å². The molecule has 4 heteroatoms. The third-order valence-corrected chi connectivity index (χ3v) is 4.58.